The molecule has 2 atom stereocenters. The summed E-state index contributed by atoms with van der Waals surface area (Å²) < 4.78 is 0. The van der Waals surface area contributed by atoms with Crippen LogP contribution in [0.2, 0.25) is 0 Å². The fourth-order valence-electron chi connectivity index (χ4n) is 1.69. The zero-order chi connectivity index (χ0) is 12.1. The summed E-state index contributed by atoms with van der Waals surface area (Å²) in [5.41, 5.74) is 8.69. The fraction of sp³-hybridized carbons (Fsp3) is 0.500. The summed E-state index contributed by atoms with van der Waals surface area (Å²) in [6.07, 6.45) is 2.00. The predicted molar refractivity (Wildman–Crippen MR) is 73.1 cm³/mol. The minimum atomic E-state index is 0.177. The molecular formula is C12H20N2OS. The molecule has 1 aromatic carbocycles. The molecule has 0 aliphatic rings. The van der Waals surface area contributed by atoms with E-state index in [-0.39, 0.29) is 17.9 Å². The molecule has 1 aromatic rings. The molecule has 0 bridgehead atoms. The van der Waals surface area contributed by atoms with Crippen molar-refractivity contribution in [2.45, 2.75) is 25.1 Å². The largest absolute Gasteiger partial charge is 0.399 e. The van der Waals surface area contributed by atoms with E-state index in [2.05, 4.69) is 18.3 Å². The van der Waals surface area contributed by atoms with Crippen LogP contribution in [0.25, 0.3) is 0 Å². The van der Waals surface area contributed by atoms with E-state index in [0.29, 0.717) is 0 Å². The van der Waals surface area contributed by atoms with Crippen molar-refractivity contribution in [1.29, 1.82) is 0 Å². The highest BCUT2D eigenvalue weighted by atomic mass is 32.2. The molecule has 1 rings (SSSR count). The van der Waals surface area contributed by atoms with E-state index in [1.807, 2.05) is 25.3 Å². The topological polar surface area (TPSA) is 58.3 Å². The van der Waals surface area contributed by atoms with Gasteiger partial charge in [0, 0.05) is 22.7 Å². The number of hydrogen-bond acceptors (Lipinski definition) is 4. The molecular weight excluding hydrogens is 220 g/mol. The Morgan fingerprint density at radius 2 is 2.12 bits per heavy atom. The van der Waals surface area contributed by atoms with E-state index < -0.39 is 0 Å². The third-order valence-corrected chi connectivity index (χ3v) is 3.70. The first-order valence-electron chi connectivity index (χ1n) is 5.34. The van der Waals surface area contributed by atoms with Gasteiger partial charge in [0.2, 0.25) is 0 Å². The van der Waals surface area contributed by atoms with Gasteiger partial charge in [-0.2, -0.15) is 11.8 Å². The van der Waals surface area contributed by atoms with Crippen LogP contribution in [0, 0.1) is 6.92 Å². The molecule has 0 aliphatic carbocycles. The summed E-state index contributed by atoms with van der Waals surface area (Å²) in [5, 5.41) is 12.8. The van der Waals surface area contributed by atoms with E-state index in [1.165, 1.54) is 0 Å². The van der Waals surface area contributed by atoms with Gasteiger partial charge >= 0.3 is 0 Å². The molecule has 4 heteroatoms. The number of thioether (sulfide) groups is 1. The first-order valence-corrected chi connectivity index (χ1v) is 6.63. The first-order chi connectivity index (χ1) is 7.56. The van der Waals surface area contributed by atoms with E-state index in [1.54, 1.807) is 11.8 Å². The van der Waals surface area contributed by atoms with Crippen molar-refractivity contribution in [2.24, 2.45) is 0 Å². The summed E-state index contributed by atoms with van der Waals surface area (Å²) >= 11 is 1.66. The van der Waals surface area contributed by atoms with Gasteiger partial charge in [-0.15, -0.1) is 0 Å². The van der Waals surface area contributed by atoms with Crippen LogP contribution >= 0.6 is 11.8 Å². The molecule has 0 aromatic heterocycles. The SMILES string of the molecule is CSC(CO)C(C)Nc1cc(C)cc(N)c1. The van der Waals surface area contributed by atoms with Crippen molar-refractivity contribution in [3.8, 4) is 0 Å². The smallest absolute Gasteiger partial charge is 0.0569 e. The Bertz CT molecular complexity index is 320. The lowest BCUT2D eigenvalue weighted by atomic mass is 10.1. The number of aliphatic hydroxyl groups is 1. The van der Waals surface area contributed by atoms with Gasteiger partial charge in [0.05, 0.1) is 6.61 Å². The molecule has 0 fully saturated rings. The zero-order valence-corrected chi connectivity index (χ0v) is 10.8. The molecule has 0 saturated carbocycles. The Labute approximate surface area is 101 Å². The molecule has 3 nitrogen and oxygen atoms in total. The van der Waals surface area contributed by atoms with Gasteiger partial charge in [0.25, 0.3) is 0 Å². The van der Waals surface area contributed by atoms with Gasteiger partial charge in [-0.3, -0.25) is 0 Å². The van der Waals surface area contributed by atoms with Crippen LogP contribution in [-0.4, -0.2) is 29.3 Å². The highest BCUT2D eigenvalue weighted by Gasteiger charge is 2.14. The van der Waals surface area contributed by atoms with Crippen molar-refractivity contribution < 1.29 is 5.11 Å². The van der Waals surface area contributed by atoms with Gasteiger partial charge in [0.15, 0.2) is 0 Å². The van der Waals surface area contributed by atoms with Crippen LogP contribution in [0.3, 0.4) is 0 Å². The normalized spacial score (nSPS) is 14.5. The first kappa shape index (κ1) is 13.2. The highest BCUT2D eigenvalue weighted by molar-refractivity contribution is 7.99. The maximum absolute atomic E-state index is 9.20. The molecule has 0 radical (unpaired) electrons. The number of nitrogen functional groups attached to an aromatic ring is 1. The van der Waals surface area contributed by atoms with Crippen molar-refractivity contribution in [2.75, 3.05) is 23.9 Å². The summed E-state index contributed by atoms with van der Waals surface area (Å²) in [7, 11) is 0. The van der Waals surface area contributed by atoms with Crippen molar-refractivity contribution in [3.63, 3.8) is 0 Å². The Morgan fingerprint density at radius 1 is 1.44 bits per heavy atom. The molecule has 0 saturated heterocycles. The van der Waals surface area contributed by atoms with Crippen LogP contribution < -0.4 is 11.1 Å². The second-order valence-corrected chi connectivity index (χ2v) is 5.10. The molecule has 0 spiro atoms. The summed E-state index contributed by atoms with van der Waals surface area (Å²) in [6, 6.07) is 6.12. The molecule has 0 amide bonds. The van der Waals surface area contributed by atoms with Gasteiger partial charge in [0.1, 0.15) is 0 Å². The number of anilines is 2. The molecule has 2 unspecified atom stereocenters. The van der Waals surface area contributed by atoms with Gasteiger partial charge in [-0.25, -0.2) is 0 Å². The Kier molecular flexibility index (Phi) is 4.96. The average Bonchev–Trinajstić information content (AvgIpc) is 2.17. The summed E-state index contributed by atoms with van der Waals surface area (Å²) in [6.45, 7) is 4.26. The lowest BCUT2D eigenvalue weighted by Crippen LogP contribution is -2.30. The monoisotopic (exact) mass is 240 g/mol. The predicted octanol–water partition coefficient (Wildman–Crippen LogP) is 2.10. The average molecular weight is 240 g/mol. The zero-order valence-electron chi connectivity index (χ0n) is 10.0. The number of aryl methyl sites for hydroxylation is 1. The number of aliphatic hydroxyl groups excluding tert-OH is 1. The molecule has 4 N–H and O–H groups in total. The number of nitrogens with one attached hydrogen (secondary N) is 1. The fourth-order valence-corrected chi connectivity index (χ4v) is 2.31. The maximum Gasteiger partial charge on any atom is 0.0569 e. The van der Waals surface area contributed by atoms with E-state index in [4.69, 9.17) is 5.73 Å². The number of hydrogen-bond donors (Lipinski definition) is 3. The Morgan fingerprint density at radius 3 is 2.62 bits per heavy atom. The third-order valence-electron chi connectivity index (χ3n) is 2.53. The highest BCUT2D eigenvalue weighted by Crippen LogP contribution is 2.20. The van der Waals surface area contributed by atoms with E-state index in [0.717, 1.165) is 16.9 Å². The second kappa shape index (κ2) is 6.01. The Balaban J connectivity index is 2.72. The standard InChI is InChI=1S/C12H20N2OS/c1-8-4-10(13)6-11(5-8)14-9(2)12(7-15)16-3/h4-6,9,12,14-15H,7,13H2,1-3H3. The third kappa shape index (κ3) is 3.61. The van der Waals surface area contributed by atoms with Crippen LogP contribution in [0.4, 0.5) is 11.4 Å². The van der Waals surface area contributed by atoms with E-state index in [9.17, 15) is 5.11 Å². The molecule has 0 heterocycles. The number of nitrogens with two attached hydrogens (primary N) is 1. The minimum Gasteiger partial charge on any atom is -0.399 e. The quantitative estimate of drug-likeness (QED) is 0.690. The molecule has 16 heavy (non-hydrogen) atoms. The van der Waals surface area contributed by atoms with Gasteiger partial charge < -0.3 is 16.2 Å². The number of rotatable bonds is 5. The minimum absolute atomic E-state index is 0.177. The van der Waals surface area contributed by atoms with E-state index >= 15 is 0 Å². The lowest BCUT2D eigenvalue weighted by Gasteiger charge is -2.22. The summed E-state index contributed by atoms with van der Waals surface area (Å²) in [5.74, 6) is 0. The lowest BCUT2D eigenvalue weighted by molar-refractivity contribution is 0.288. The van der Waals surface area contributed by atoms with Crippen molar-refractivity contribution in [1.82, 2.24) is 0 Å². The second-order valence-electron chi connectivity index (χ2n) is 4.02. The van der Waals surface area contributed by atoms with Gasteiger partial charge in [-0.05, 0) is 43.9 Å². The van der Waals surface area contributed by atoms with Crippen molar-refractivity contribution in [3.05, 3.63) is 23.8 Å². The molecule has 90 valence electrons. The van der Waals surface area contributed by atoms with Crippen LogP contribution in [0.5, 0.6) is 0 Å². The van der Waals surface area contributed by atoms with Crippen LogP contribution in [-0.2, 0) is 0 Å². The van der Waals surface area contributed by atoms with Crippen LogP contribution in [0.1, 0.15) is 12.5 Å². The Hall–Kier alpha value is -0.870. The molecule has 0 aliphatic heterocycles. The van der Waals surface area contributed by atoms with Gasteiger partial charge in [-0.1, -0.05) is 0 Å². The van der Waals surface area contributed by atoms with Crippen molar-refractivity contribution >= 4 is 23.1 Å². The number of benzene rings is 1. The maximum atomic E-state index is 9.20. The summed E-state index contributed by atoms with van der Waals surface area (Å²) in [4.78, 5) is 0. The van der Waals surface area contributed by atoms with Crippen LogP contribution in [0.15, 0.2) is 18.2 Å².